The smallest absolute Gasteiger partial charge is 0.184 e. The first-order chi connectivity index (χ1) is 14.2. The molecule has 3 heterocycles. The molecule has 4 aliphatic carbocycles. The summed E-state index contributed by atoms with van der Waals surface area (Å²) < 4.78 is 38.5. The van der Waals surface area contributed by atoms with Gasteiger partial charge in [0, 0.05) is 10.3 Å². The van der Waals surface area contributed by atoms with Gasteiger partial charge in [0.2, 0.25) is 0 Å². The fourth-order valence-electron chi connectivity index (χ4n) is 7.30. The normalized spacial score (nSPS) is 53.2. The van der Waals surface area contributed by atoms with Crippen LogP contribution in [0.3, 0.4) is 0 Å². The first kappa shape index (κ1) is 17.8. The molecular formula is C23H28O5S. The Morgan fingerprint density at radius 3 is 2.21 bits per heavy atom. The van der Waals surface area contributed by atoms with Crippen LogP contribution in [0, 0.1) is 17.8 Å². The lowest BCUT2D eigenvalue weighted by Gasteiger charge is -2.56. The van der Waals surface area contributed by atoms with E-state index >= 15 is 0 Å². The van der Waals surface area contributed by atoms with Crippen molar-refractivity contribution in [2.24, 2.45) is 17.8 Å². The average molecular weight is 417 g/mol. The Bertz CT molecular complexity index is 793. The van der Waals surface area contributed by atoms with Gasteiger partial charge in [-0.05, 0) is 56.3 Å². The Balaban J connectivity index is 1.09. The van der Waals surface area contributed by atoms with Crippen molar-refractivity contribution in [3.63, 3.8) is 0 Å². The van der Waals surface area contributed by atoms with E-state index in [2.05, 4.69) is 0 Å². The van der Waals surface area contributed by atoms with Crippen LogP contribution >= 0.6 is 0 Å². The number of rotatable bonds is 3. The highest BCUT2D eigenvalue weighted by Gasteiger charge is 2.65. The van der Waals surface area contributed by atoms with Gasteiger partial charge in [-0.25, -0.2) is 0 Å². The third kappa shape index (κ3) is 2.76. The quantitative estimate of drug-likeness (QED) is 0.708. The lowest BCUT2D eigenvalue weighted by molar-refractivity contribution is -0.276. The molecule has 5 nitrogen and oxygen atoms in total. The van der Waals surface area contributed by atoms with E-state index in [9.17, 15) is 4.21 Å². The third-order valence-corrected chi connectivity index (χ3v) is 10.4. The minimum Gasteiger partial charge on any atom is -0.363 e. The fraction of sp³-hybridized carbons (Fsp3) is 0.739. The first-order valence-corrected chi connectivity index (χ1v) is 12.4. The van der Waals surface area contributed by atoms with E-state index in [1.165, 1.54) is 19.3 Å². The molecule has 0 radical (unpaired) electrons. The molecule has 0 N–H and O–H groups in total. The van der Waals surface area contributed by atoms with Crippen LogP contribution in [0.5, 0.6) is 0 Å². The van der Waals surface area contributed by atoms with Crippen LogP contribution in [0.1, 0.15) is 50.4 Å². The molecule has 29 heavy (non-hydrogen) atoms. The summed E-state index contributed by atoms with van der Waals surface area (Å²) in [5.41, 5.74) is 0.695. The largest absolute Gasteiger partial charge is 0.363 e. The molecule has 0 unspecified atom stereocenters. The highest BCUT2D eigenvalue weighted by atomic mass is 32.2. The van der Waals surface area contributed by atoms with Crippen LogP contribution in [0.15, 0.2) is 30.3 Å². The van der Waals surface area contributed by atoms with Gasteiger partial charge in [0.05, 0.1) is 17.4 Å². The van der Waals surface area contributed by atoms with Crippen molar-refractivity contribution < 1.29 is 23.2 Å². The maximum Gasteiger partial charge on any atom is 0.184 e. The highest BCUT2D eigenvalue weighted by molar-refractivity contribution is 7.87. The third-order valence-electron chi connectivity index (χ3n) is 8.21. The van der Waals surface area contributed by atoms with E-state index in [4.69, 9.17) is 18.9 Å². The molecule has 1 aromatic carbocycles. The molecular weight excluding hydrogens is 388 g/mol. The summed E-state index contributed by atoms with van der Waals surface area (Å²) in [7, 11) is -1.02. The second-order valence-electron chi connectivity index (χ2n) is 10.2. The highest BCUT2D eigenvalue weighted by Crippen LogP contribution is 2.59. The van der Waals surface area contributed by atoms with Crippen molar-refractivity contribution in [2.45, 2.75) is 79.4 Å². The van der Waals surface area contributed by atoms with E-state index in [0.717, 1.165) is 42.6 Å². The van der Waals surface area contributed by atoms with Crippen LogP contribution < -0.4 is 0 Å². The number of epoxide rings is 1. The van der Waals surface area contributed by atoms with Gasteiger partial charge in [0.1, 0.15) is 24.4 Å². The molecule has 4 saturated carbocycles. The number of fused-ring (bicyclic) bond motifs is 3. The number of hydrogen-bond acceptors (Lipinski definition) is 5. The van der Waals surface area contributed by atoms with Gasteiger partial charge in [-0.1, -0.05) is 30.3 Å². The van der Waals surface area contributed by atoms with E-state index in [1.807, 2.05) is 30.3 Å². The number of ether oxygens (including phenoxy) is 4. The monoisotopic (exact) mass is 416 g/mol. The predicted octanol–water partition coefficient (Wildman–Crippen LogP) is 3.31. The van der Waals surface area contributed by atoms with Crippen molar-refractivity contribution in [1.82, 2.24) is 0 Å². The summed E-state index contributed by atoms with van der Waals surface area (Å²) in [6.45, 7) is 0.464. The van der Waals surface area contributed by atoms with Crippen LogP contribution in [0.2, 0.25) is 0 Å². The maximum absolute atomic E-state index is 13.9. The second kappa shape index (κ2) is 6.36. The van der Waals surface area contributed by atoms with Crippen molar-refractivity contribution >= 4 is 10.8 Å². The molecule has 8 rings (SSSR count). The number of hydrogen-bond donors (Lipinski definition) is 0. The molecule has 7 atom stereocenters. The minimum atomic E-state index is -1.02. The Labute approximate surface area is 173 Å². The molecule has 7 fully saturated rings. The zero-order valence-corrected chi connectivity index (χ0v) is 17.3. The molecule has 3 saturated heterocycles. The average Bonchev–Trinajstić information content (AvgIpc) is 3.53. The molecule has 7 aliphatic rings. The maximum atomic E-state index is 13.9. The fourth-order valence-corrected chi connectivity index (χ4v) is 9.70. The minimum absolute atomic E-state index is 0.00766. The molecule has 1 aromatic rings. The molecule has 6 heteroatoms. The predicted molar refractivity (Wildman–Crippen MR) is 106 cm³/mol. The van der Waals surface area contributed by atoms with Gasteiger partial charge in [0.25, 0.3) is 0 Å². The Morgan fingerprint density at radius 2 is 1.52 bits per heavy atom. The molecule has 156 valence electrons. The van der Waals surface area contributed by atoms with Crippen molar-refractivity contribution in [3.05, 3.63) is 35.9 Å². The van der Waals surface area contributed by atoms with Crippen molar-refractivity contribution in [1.29, 1.82) is 0 Å². The van der Waals surface area contributed by atoms with Gasteiger partial charge < -0.3 is 18.9 Å². The lowest BCUT2D eigenvalue weighted by Crippen LogP contribution is -2.59. The zero-order valence-electron chi connectivity index (χ0n) is 16.5. The molecule has 4 bridgehead atoms. The summed E-state index contributed by atoms with van der Waals surface area (Å²) in [5, 5.41) is 0. The van der Waals surface area contributed by atoms with Gasteiger partial charge in [0.15, 0.2) is 11.7 Å². The van der Waals surface area contributed by atoms with Crippen LogP contribution in [-0.2, 0) is 29.7 Å². The molecule has 0 spiro atoms. The molecule has 0 aromatic heterocycles. The van der Waals surface area contributed by atoms with E-state index in [-0.39, 0.29) is 40.9 Å². The Kier molecular flexibility index (Phi) is 3.91. The van der Waals surface area contributed by atoms with E-state index in [0.29, 0.717) is 6.61 Å². The lowest BCUT2D eigenvalue weighted by atomic mass is 9.56. The van der Waals surface area contributed by atoms with Crippen molar-refractivity contribution in [2.75, 3.05) is 6.61 Å². The SMILES string of the molecule is O=[S@@]([C@@H]1O[C@@H]2CO[C@@H](c3ccccc3)O[C@H]2[C@@H]2O[C@@H]21)C12CC3CC(CC(C3)C1)C2. The van der Waals surface area contributed by atoms with Gasteiger partial charge in [-0.3, -0.25) is 4.21 Å². The topological polar surface area (TPSA) is 57.3 Å². The van der Waals surface area contributed by atoms with Crippen LogP contribution in [-0.4, -0.2) is 45.4 Å². The second-order valence-corrected chi connectivity index (χ2v) is 12.1. The molecule has 3 aliphatic heterocycles. The summed E-state index contributed by atoms with van der Waals surface area (Å²) in [4.78, 5) is 0. The molecule has 0 amide bonds. The van der Waals surface area contributed by atoms with Gasteiger partial charge in [-0.15, -0.1) is 0 Å². The Morgan fingerprint density at radius 1 is 0.828 bits per heavy atom. The summed E-state index contributed by atoms with van der Waals surface area (Å²) in [6, 6.07) is 10.0. The standard InChI is InChI=1S/C23H28O5S/c24-29(23-9-13-6-14(10-23)8-15(7-13)11-23)22-20-19(27-20)18-17(26-22)12-25-21(28-18)16-4-2-1-3-5-16/h1-5,13-15,17-22H,6-12H2/t13?,14?,15?,17-,18-,19+,20+,21-,22+,23?,29+/m1/s1. The first-order valence-electron chi connectivity index (χ1n) is 11.2. The summed E-state index contributed by atoms with van der Waals surface area (Å²) in [6.07, 6.45) is 6.65. The summed E-state index contributed by atoms with van der Waals surface area (Å²) >= 11 is 0. The van der Waals surface area contributed by atoms with Crippen LogP contribution in [0.25, 0.3) is 0 Å². The van der Waals surface area contributed by atoms with E-state index in [1.54, 1.807) is 0 Å². The van der Waals surface area contributed by atoms with Crippen molar-refractivity contribution in [3.8, 4) is 0 Å². The van der Waals surface area contributed by atoms with Gasteiger partial charge in [-0.2, -0.15) is 0 Å². The summed E-state index contributed by atoms with van der Waals surface area (Å²) in [5.74, 6) is 2.35. The van der Waals surface area contributed by atoms with E-state index < -0.39 is 10.8 Å². The zero-order chi connectivity index (χ0) is 19.2. The van der Waals surface area contributed by atoms with Gasteiger partial charge >= 0.3 is 0 Å². The van der Waals surface area contributed by atoms with Crippen LogP contribution in [0.4, 0.5) is 0 Å². The Hall–Kier alpha value is -0.790. The number of benzene rings is 1.